The Kier molecular flexibility index (Phi) is 6.52. The largest absolute Gasteiger partial charge is 0.483 e. The molecule has 0 aliphatic heterocycles. The molecule has 0 saturated heterocycles. The number of para-hydroxylation sites is 1. The number of hydrogen-bond donors (Lipinski definition) is 1. The molecule has 1 amide bonds. The summed E-state index contributed by atoms with van der Waals surface area (Å²) in [5.41, 5.74) is 3.38. The van der Waals surface area contributed by atoms with Gasteiger partial charge in [-0.15, -0.1) is 11.3 Å². The van der Waals surface area contributed by atoms with Gasteiger partial charge in [-0.1, -0.05) is 30.3 Å². The number of aryl methyl sites for hydroxylation is 3. The fourth-order valence-electron chi connectivity index (χ4n) is 3.22. The molecule has 30 heavy (non-hydrogen) atoms. The maximum absolute atomic E-state index is 13.3. The number of nitrogens with one attached hydrogen (secondary N) is 1. The SMILES string of the molecule is COC(=O)c1c(NC(=O)COc2c(C)cccc2C)sc(C)c1-c1ccc(F)cc1. The Hall–Kier alpha value is -3.19. The molecule has 7 heteroatoms. The highest BCUT2D eigenvalue weighted by Gasteiger charge is 2.25. The van der Waals surface area contributed by atoms with Gasteiger partial charge in [-0.2, -0.15) is 0 Å². The van der Waals surface area contributed by atoms with Crippen LogP contribution >= 0.6 is 11.3 Å². The highest BCUT2D eigenvalue weighted by molar-refractivity contribution is 7.17. The summed E-state index contributed by atoms with van der Waals surface area (Å²) in [6, 6.07) is 11.6. The molecular weight excluding hydrogens is 405 g/mol. The van der Waals surface area contributed by atoms with Crippen molar-refractivity contribution < 1.29 is 23.5 Å². The lowest BCUT2D eigenvalue weighted by Crippen LogP contribution is -2.21. The zero-order chi connectivity index (χ0) is 21.8. The van der Waals surface area contributed by atoms with Gasteiger partial charge in [0.15, 0.2) is 6.61 Å². The first-order chi connectivity index (χ1) is 14.3. The Labute approximate surface area is 178 Å². The number of benzene rings is 2. The number of hydrogen-bond acceptors (Lipinski definition) is 5. The molecule has 0 spiro atoms. The van der Waals surface area contributed by atoms with Crippen LogP contribution in [0.15, 0.2) is 42.5 Å². The Morgan fingerprint density at radius 1 is 1.03 bits per heavy atom. The maximum atomic E-state index is 13.3. The number of thiophene rings is 1. The third-order valence-electron chi connectivity index (χ3n) is 4.62. The van der Waals surface area contributed by atoms with Gasteiger partial charge in [0, 0.05) is 10.4 Å². The topological polar surface area (TPSA) is 64.6 Å². The third-order valence-corrected chi connectivity index (χ3v) is 5.64. The monoisotopic (exact) mass is 427 g/mol. The number of methoxy groups -OCH3 is 1. The molecular formula is C23H22FNO4S. The lowest BCUT2D eigenvalue weighted by molar-refractivity contribution is -0.118. The number of ether oxygens (including phenoxy) is 2. The van der Waals surface area contributed by atoms with Crippen molar-refractivity contribution in [2.45, 2.75) is 20.8 Å². The molecule has 3 rings (SSSR count). The number of rotatable bonds is 6. The Balaban J connectivity index is 1.86. The van der Waals surface area contributed by atoms with Crippen molar-refractivity contribution in [2.24, 2.45) is 0 Å². The number of esters is 1. The van der Waals surface area contributed by atoms with Crippen LogP contribution in [0.2, 0.25) is 0 Å². The van der Waals surface area contributed by atoms with E-state index in [0.29, 0.717) is 21.9 Å². The van der Waals surface area contributed by atoms with Gasteiger partial charge in [-0.3, -0.25) is 4.79 Å². The first-order valence-electron chi connectivity index (χ1n) is 9.28. The molecule has 156 valence electrons. The molecule has 0 aliphatic carbocycles. The van der Waals surface area contributed by atoms with Crippen LogP contribution in [0.5, 0.6) is 5.75 Å². The Bertz CT molecular complexity index is 1070. The minimum Gasteiger partial charge on any atom is -0.483 e. The standard InChI is InChI=1S/C23H22FNO4S/c1-13-6-5-7-14(2)21(13)29-12-18(26)25-22-20(23(27)28-4)19(15(3)30-22)16-8-10-17(24)11-9-16/h5-11H,12H2,1-4H3,(H,25,26). The van der Waals surface area contributed by atoms with Gasteiger partial charge in [0.05, 0.1) is 7.11 Å². The molecule has 0 bridgehead atoms. The van der Waals surface area contributed by atoms with E-state index in [2.05, 4.69) is 5.32 Å². The van der Waals surface area contributed by atoms with Crippen LogP contribution in [0.25, 0.3) is 11.1 Å². The molecule has 0 radical (unpaired) electrons. The summed E-state index contributed by atoms with van der Waals surface area (Å²) in [7, 11) is 1.28. The molecule has 0 saturated carbocycles. The summed E-state index contributed by atoms with van der Waals surface area (Å²) in [5, 5.41) is 3.13. The maximum Gasteiger partial charge on any atom is 0.341 e. The van der Waals surface area contributed by atoms with Gasteiger partial charge in [0.2, 0.25) is 0 Å². The zero-order valence-electron chi connectivity index (χ0n) is 17.2. The quantitative estimate of drug-likeness (QED) is 0.544. The van der Waals surface area contributed by atoms with E-state index in [1.807, 2.05) is 39.0 Å². The fraction of sp³-hybridized carbons (Fsp3) is 0.217. The number of carbonyl (C=O) groups excluding carboxylic acids is 2. The Morgan fingerprint density at radius 3 is 2.27 bits per heavy atom. The van der Waals surface area contributed by atoms with Gasteiger partial charge >= 0.3 is 5.97 Å². The van der Waals surface area contributed by atoms with Crippen molar-refractivity contribution in [1.82, 2.24) is 0 Å². The molecule has 0 fully saturated rings. The predicted octanol–water partition coefficient (Wildman–Crippen LogP) is 5.28. The van der Waals surface area contributed by atoms with Crippen LogP contribution in [0.1, 0.15) is 26.4 Å². The van der Waals surface area contributed by atoms with Crippen molar-refractivity contribution in [3.63, 3.8) is 0 Å². The summed E-state index contributed by atoms with van der Waals surface area (Å²) < 4.78 is 24.0. The highest BCUT2D eigenvalue weighted by Crippen LogP contribution is 2.40. The van der Waals surface area contributed by atoms with Gasteiger partial charge in [-0.05, 0) is 49.6 Å². The molecule has 5 nitrogen and oxygen atoms in total. The fourth-order valence-corrected chi connectivity index (χ4v) is 4.30. The van der Waals surface area contributed by atoms with Gasteiger partial charge in [0.25, 0.3) is 5.91 Å². The predicted molar refractivity (Wildman–Crippen MR) is 116 cm³/mol. The first kappa shape index (κ1) is 21.5. The zero-order valence-corrected chi connectivity index (χ0v) is 18.0. The van der Waals surface area contributed by atoms with Crippen LogP contribution in [0, 0.1) is 26.6 Å². The average molecular weight is 427 g/mol. The Morgan fingerprint density at radius 2 is 1.67 bits per heavy atom. The normalized spacial score (nSPS) is 10.6. The summed E-state index contributed by atoms with van der Waals surface area (Å²) in [4.78, 5) is 25.8. The van der Waals surface area contributed by atoms with E-state index in [9.17, 15) is 14.0 Å². The molecule has 1 aromatic heterocycles. The highest BCUT2D eigenvalue weighted by atomic mass is 32.1. The van der Waals surface area contributed by atoms with Gasteiger partial charge in [-0.25, -0.2) is 9.18 Å². The number of carbonyl (C=O) groups is 2. The average Bonchev–Trinajstić information content (AvgIpc) is 3.03. The van der Waals surface area contributed by atoms with Crippen LogP contribution in [0.3, 0.4) is 0 Å². The lowest BCUT2D eigenvalue weighted by atomic mass is 10.0. The second-order valence-corrected chi connectivity index (χ2v) is 8.02. The molecule has 3 aromatic rings. The summed E-state index contributed by atoms with van der Waals surface area (Å²) in [6.07, 6.45) is 0. The number of halogens is 1. The summed E-state index contributed by atoms with van der Waals surface area (Å²) in [5.74, 6) is -0.682. The smallest absolute Gasteiger partial charge is 0.341 e. The van der Waals surface area contributed by atoms with Crippen LogP contribution in [0.4, 0.5) is 9.39 Å². The number of anilines is 1. The van der Waals surface area contributed by atoms with Crippen molar-refractivity contribution in [1.29, 1.82) is 0 Å². The van der Waals surface area contributed by atoms with E-state index in [0.717, 1.165) is 16.0 Å². The van der Waals surface area contributed by atoms with E-state index in [4.69, 9.17) is 9.47 Å². The van der Waals surface area contributed by atoms with Crippen molar-refractivity contribution in [3.8, 4) is 16.9 Å². The minimum absolute atomic E-state index is 0.199. The summed E-state index contributed by atoms with van der Waals surface area (Å²) >= 11 is 1.26. The molecule has 0 unspecified atom stereocenters. The molecule has 1 N–H and O–H groups in total. The van der Waals surface area contributed by atoms with Crippen LogP contribution in [-0.2, 0) is 9.53 Å². The summed E-state index contributed by atoms with van der Waals surface area (Å²) in [6.45, 7) is 5.45. The van der Waals surface area contributed by atoms with Gasteiger partial charge < -0.3 is 14.8 Å². The lowest BCUT2D eigenvalue weighted by Gasteiger charge is -2.12. The van der Waals surface area contributed by atoms with E-state index >= 15 is 0 Å². The van der Waals surface area contributed by atoms with E-state index in [-0.39, 0.29) is 18.0 Å². The van der Waals surface area contributed by atoms with E-state index < -0.39 is 11.9 Å². The van der Waals surface area contributed by atoms with Crippen LogP contribution < -0.4 is 10.1 Å². The van der Waals surface area contributed by atoms with E-state index in [1.54, 1.807) is 12.1 Å². The van der Waals surface area contributed by atoms with Crippen LogP contribution in [-0.4, -0.2) is 25.6 Å². The van der Waals surface area contributed by atoms with Crippen molar-refractivity contribution >= 4 is 28.2 Å². The van der Waals surface area contributed by atoms with E-state index in [1.165, 1.54) is 30.6 Å². The molecule has 2 aromatic carbocycles. The van der Waals surface area contributed by atoms with Crippen molar-refractivity contribution in [2.75, 3.05) is 19.0 Å². The molecule has 1 heterocycles. The second kappa shape index (κ2) is 9.09. The number of amides is 1. The third kappa shape index (κ3) is 4.52. The van der Waals surface area contributed by atoms with Gasteiger partial charge in [0.1, 0.15) is 22.1 Å². The first-order valence-corrected chi connectivity index (χ1v) is 10.1. The minimum atomic E-state index is -0.579. The van der Waals surface area contributed by atoms with Crippen molar-refractivity contribution in [3.05, 3.63) is 69.8 Å². The molecule has 0 atom stereocenters. The second-order valence-electron chi connectivity index (χ2n) is 6.79. The molecule has 0 aliphatic rings.